The van der Waals surface area contributed by atoms with E-state index in [0.717, 1.165) is 6.07 Å². The molecule has 1 radical (unpaired) electrons. The molecule has 3 heteroatoms. The lowest BCUT2D eigenvalue weighted by atomic mass is 10.2. The van der Waals surface area contributed by atoms with Gasteiger partial charge >= 0.3 is 0 Å². The average Bonchev–Trinajstić information content (AvgIpc) is 2.47. The van der Waals surface area contributed by atoms with Crippen molar-refractivity contribution in [2.45, 2.75) is 0 Å². The minimum absolute atomic E-state index is 0.0104. The highest BCUT2D eigenvalue weighted by molar-refractivity contribution is 5.78. The van der Waals surface area contributed by atoms with E-state index < -0.39 is 12.8 Å². The molecular weight excluding hydrogens is 143 g/mol. The van der Waals surface area contributed by atoms with E-state index >= 15 is 0 Å². The van der Waals surface area contributed by atoms with E-state index in [0.29, 0.717) is 10.1 Å². The van der Waals surface area contributed by atoms with Crippen LogP contribution in [-0.2, 0) is 6.98 Å². The molecule has 0 fully saturated rings. The molecule has 0 atom stereocenters. The molecule has 0 saturated carbocycles. The van der Waals surface area contributed by atoms with E-state index in [1.54, 1.807) is 0 Å². The van der Waals surface area contributed by atoms with Crippen LogP contribution in [0.25, 0.3) is 10.9 Å². The number of aromatic nitrogens is 2. The predicted molar refractivity (Wildman–Crippen MR) is 39.5 cm³/mol. The Labute approximate surface area is 67.5 Å². The van der Waals surface area contributed by atoms with E-state index in [1.165, 1.54) is 12.3 Å². The Morgan fingerprint density at radius 1 is 1.73 bits per heavy atom. The van der Waals surface area contributed by atoms with Crippen LogP contribution in [0.4, 0.5) is 4.39 Å². The van der Waals surface area contributed by atoms with Crippen molar-refractivity contribution in [3.8, 4) is 0 Å². The highest BCUT2D eigenvalue weighted by Gasteiger charge is 2.03. The summed E-state index contributed by atoms with van der Waals surface area (Å²) in [5, 5.41) is 4.05. The standard InChI is InChI=1S/C8H6FN2/c1-11-8-6(5-10-11)3-2-4-7(8)9/h3-5H,1H3/i1D3. The van der Waals surface area contributed by atoms with Crippen LogP contribution in [0, 0.1) is 11.9 Å². The Morgan fingerprint density at radius 3 is 3.45 bits per heavy atom. The van der Waals surface area contributed by atoms with Gasteiger partial charge in [0.2, 0.25) is 0 Å². The second-order valence-electron chi connectivity index (χ2n) is 2.16. The number of halogens is 1. The van der Waals surface area contributed by atoms with Gasteiger partial charge in [-0.3, -0.25) is 4.68 Å². The van der Waals surface area contributed by atoms with Gasteiger partial charge < -0.3 is 0 Å². The lowest BCUT2D eigenvalue weighted by Crippen LogP contribution is -1.91. The molecule has 2 aromatic rings. The highest BCUT2D eigenvalue weighted by atomic mass is 19.1. The maximum atomic E-state index is 13.3. The van der Waals surface area contributed by atoms with Gasteiger partial charge in [-0.15, -0.1) is 0 Å². The molecule has 2 nitrogen and oxygen atoms in total. The van der Waals surface area contributed by atoms with E-state index in [-0.39, 0.29) is 5.52 Å². The summed E-state index contributed by atoms with van der Waals surface area (Å²) >= 11 is 0. The molecule has 11 heavy (non-hydrogen) atoms. The smallest absolute Gasteiger partial charge is 0.149 e. The summed E-state index contributed by atoms with van der Waals surface area (Å²) in [6.45, 7) is -2.45. The fourth-order valence-corrected chi connectivity index (χ4v) is 0.979. The quantitative estimate of drug-likeness (QED) is 0.559. The zero-order chi connectivity index (χ0) is 10.3. The number of hydrogen-bond acceptors (Lipinski definition) is 1. The van der Waals surface area contributed by atoms with Gasteiger partial charge in [0.25, 0.3) is 0 Å². The number of benzene rings is 1. The molecule has 0 aliphatic rings. The maximum absolute atomic E-state index is 13.3. The van der Waals surface area contributed by atoms with Gasteiger partial charge in [0.05, 0.1) is 6.20 Å². The molecule has 0 aliphatic heterocycles. The summed E-state index contributed by atoms with van der Waals surface area (Å²) in [6.07, 6.45) is 1.31. The van der Waals surface area contributed by atoms with Gasteiger partial charge in [0.1, 0.15) is 11.3 Å². The van der Waals surface area contributed by atoms with E-state index in [4.69, 9.17) is 4.11 Å². The largest absolute Gasteiger partial charge is 0.265 e. The van der Waals surface area contributed by atoms with Crippen molar-refractivity contribution >= 4 is 10.9 Å². The molecule has 0 aliphatic carbocycles. The molecule has 0 N–H and O–H groups in total. The summed E-state index contributed by atoms with van der Waals surface area (Å²) in [4.78, 5) is 0. The zero-order valence-electron chi connectivity index (χ0n) is 8.50. The predicted octanol–water partition coefficient (Wildman–Crippen LogP) is 1.51. The summed E-state index contributed by atoms with van der Waals surface area (Å²) in [6, 6.07) is 5.14. The lowest BCUT2D eigenvalue weighted by molar-refractivity contribution is 0.625. The molecule has 2 rings (SSSR count). The Morgan fingerprint density at radius 2 is 2.64 bits per heavy atom. The third-order valence-electron chi connectivity index (χ3n) is 1.47. The number of fused-ring (bicyclic) bond motifs is 1. The van der Waals surface area contributed by atoms with Crippen molar-refractivity contribution in [1.29, 1.82) is 0 Å². The van der Waals surface area contributed by atoms with Crippen LogP contribution in [0.15, 0.2) is 18.3 Å². The van der Waals surface area contributed by atoms with Crippen LogP contribution in [0.5, 0.6) is 0 Å². The van der Waals surface area contributed by atoms with Gasteiger partial charge in [-0.2, -0.15) is 5.10 Å². The molecule has 0 unspecified atom stereocenters. The summed E-state index contributed by atoms with van der Waals surface area (Å²) in [5.74, 6) is -0.629. The first kappa shape index (κ1) is 3.85. The minimum Gasteiger partial charge on any atom is -0.265 e. The van der Waals surface area contributed by atoms with E-state index in [9.17, 15) is 4.39 Å². The van der Waals surface area contributed by atoms with Crippen molar-refractivity contribution in [1.82, 2.24) is 9.78 Å². The SMILES string of the molecule is [2H]C([2H])([2H])n1ncc2c[c]cc(F)c21. The molecule has 1 heterocycles. The first-order valence-corrected chi connectivity index (χ1v) is 3.04. The van der Waals surface area contributed by atoms with Gasteiger partial charge in [-0.05, 0) is 18.2 Å². The van der Waals surface area contributed by atoms with E-state index in [2.05, 4.69) is 11.2 Å². The second kappa shape index (κ2) is 2.05. The molecule has 55 valence electrons. The molecule has 0 saturated heterocycles. The Hall–Kier alpha value is -1.38. The zero-order valence-corrected chi connectivity index (χ0v) is 5.50. The van der Waals surface area contributed by atoms with Crippen molar-refractivity contribution < 1.29 is 8.50 Å². The lowest BCUT2D eigenvalue weighted by Gasteiger charge is -1.93. The van der Waals surface area contributed by atoms with Crippen LogP contribution in [0.3, 0.4) is 0 Å². The van der Waals surface area contributed by atoms with Crippen molar-refractivity contribution in [2.75, 3.05) is 0 Å². The number of hydrogen-bond donors (Lipinski definition) is 0. The van der Waals surface area contributed by atoms with Gasteiger partial charge in [-0.25, -0.2) is 4.39 Å². The molecular formula is C8H6FN2. The van der Waals surface area contributed by atoms with Gasteiger partial charge in [0.15, 0.2) is 0 Å². The molecule has 0 spiro atoms. The normalized spacial score (nSPS) is 15.9. The Bertz CT molecular complexity index is 475. The van der Waals surface area contributed by atoms with Crippen molar-refractivity contribution in [3.63, 3.8) is 0 Å². The molecule has 0 amide bonds. The van der Waals surface area contributed by atoms with Gasteiger partial charge in [-0.1, -0.05) is 0 Å². The van der Waals surface area contributed by atoms with Crippen LogP contribution in [0.1, 0.15) is 4.11 Å². The first-order chi connectivity index (χ1) is 6.50. The minimum atomic E-state index is -2.45. The molecule has 1 aromatic carbocycles. The Balaban J connectivity index is 2.80. The van der Waals surface area contributed by atoms with Crippen LogP contribution in [-0.4, -0.2) is 9.78 Å². The molecule has 0 bridgehead atoms. The fraction of sp³-hybridized carbons (Fsp3) is 0.125. The third kappa shape index (κ3) is 0.808. The monoisotopic (exact) mass is 152 g/mol. The van der Waals surface area contributed by atoms with Crippen LogP contribution < -0.4 is 0 Å². The summed E-state index contributed by atoms with van der Waals surface area (Å²) < 4.78 is 35.3. The third-order valence-corrected chi connectivity index (χ3v) is 1.47. The maximum Gasteiger partial charge on any atom is 0.149 e. The van der Waals surface area contributed by atoms with Crippen molar-refractivity contribution in [2.24, 2.45) is 6.98 Å². The van der Waals surface area contributed by atoms with Crippen LogP contribution >= 0.6 is 0 Å². The summed E-state index contributed by atoms with van der Waals surface area (Å²) in [5.41, 5.74) is -0.0104. The van der Waals surface area contributed by atoms with Crippen molar-refractivity contribution in [3.05, 3.63) is 30.2 Å². The number of aryl methyl sites for hydroxylation is 1. The Kier molecular flexibility index (Phi) is 0.719. The number of nitrogens with zero attached hydrogens (tertiary/aromatic N) is 2. The van der Waals surface area contributed by atoms with Crippen LogP contribution in [0.2, 0.25) is 0 Å². The fourth-order valence-electron chi connectivity index (χ4n) is 0.979. The average molecular weight is 152 g/mol. The highest BCUT2D eigenvalue weighted by Crippen LogP contribution is 2.14. The molecule has 1 aromatic heterocycles. The van der Waals surface area contributed by atoms with Gasteiger partial charge in [0, 0.05) is 16.5 Å². The second-order valence-corrected chi connectivity index (χ2v) is 2.16. The topological polar surface area (TPSA) is 17.8 Å². The van der Waals surface area contributed by atoms with E-state index in [1.807, 2.05) is 0 Å². The first-order valence-electron chi connectivity index (χ1n) is 4.54. The number of rotatable bonds is 0. The summed E-state index contributed by atoms with van der Waals surface area (Å²) in [7, 11) is 0.